The fraction of sp³-hybridized carbons (Fsp3) is 0.400. The van der Waals surface area contributed by atoms with Crippen LogP contribution in [-0.4, -0.2) is 47.1 Å². The summed E-state index contributed by atoms with van der Waals surface area (Å²) < 4.78 is 5.14. The number of nitrogens with zero attached hydrogens (tertiary/aromatic N) is 3. The van der Waals surface area contributed by atoms with Gasteiger partial charge in [-0.15, -0.1) is 0 Å². The largest absolute Gasteiger partial charge is 0.379 e. The van der Waals surface area contributed by atoms with E-state index in [4.69, 9.17) is 16.3 Å². The summed E-state index contributed by atoms with van der Waals surface area (Å²) >= 11 is 5.78. The number of hydrogen-bond acceptors (Lipinski definition) is 6. The second-order valence-corrected chi connectivity index (χ2v) is 4.19. The molecule has 8 nitrogen and oxygen atoms in total. The van der Waals surface area contributed by atoms with E-state index in [0.717, 1.165) is 12.3 Å². The summed E-state index contributed by atoms with van der Waals surface area (Å²) in [6.07, 6.45) is 1.01. The number of halogens is 1. The van der Waals surface area contributed by atoms with Gasteiger partial charge in [0.15, 0.2) is 0 Å². The number of ether oxygens (including phenoxy) is 1. The molecule has 102 valence electrons. The van der Waals surface area contributed by atoms with Crippen LogP contribution in [0.2, 0.25) is 5.15 Å². The van der Waals surface area contributed by atoms with Gasteiger partial charge in [0.1, 0.15) is 11.3 Å². The Morgan fingerprint density at radius 3 is 2.84 bits per heavy atom. The highest BCUT2D eigenvalue weighted by Gasteiger charge is 2.20. The van der Waals surface area contributed by atoms with E-state index in [1.54, 1.807) is 5.01 Å². The second-order valence-electron chi connectivity index (χ2n) is 3.83. The van der Waals surface area contributed by atoms with E-state index in [-0.39, 0.29) is 16.4 Å². The van der Waals surface area contributed by atoms with Gasteiger partial charge in [-0.25, -0.2) is 9.99 Å². The number of carbonyl (C=O) groups is 1. The van der Waals surface area contributed by atoms with Crippen LogP contribution in [0.1, 0.15) is 10.4 Å². The van der Waals surface area contributed by atoms with Crippen LogP contribution < -0.4 is 5.43 Å². The third-order valence-electron chi connectivity index (χ3n) is 2.55. The molecule has 1 aromatic rings. The minimum Gasteiger partial charge on any atom is -0.379 e. The average Bonchev–Trinajstić information content (AvgIpc) is 2.40. The predicted octanol–water partition coefficient (Wildman–Crippen LogP) is 0.620. The number of nitrogens with one attached hydrogen (secondary N) is 1. The molecule has 1 aliphatic heterocycles. The Kier molecular flexibility index (Phi) is 4.25. The fourth-order valence-electron chi connectivity index (χ4n) is 1.58. The lowest BCUT2D eigenvalue weighted by atomic mass is 10.2. The maximum absolute atomic E-state index is 12.0. The molecule has 1 amide bonds. The summed E-state index contributed by atoms with van der Waals surface area (Å²) in [5, 5.41) is 12.2. The summed E-state index contributed by atoms with van der Waals surface area (Å²) in [4.78, 5) is 25.6. The zero-order valence-corrected chi connectivity index (χ0v) is 10.6. The maximum atomic E-state index is 12.0. The zero-order chi connectivity index (χ0) is 13.8. The van der Waals surface area contributed by atoms with Crippen molar-refractivity contribution < 1.29 is 14.5 Å². The molecule has 1 fully saturated rings. The molecule has 0 aliphatic carbocycles. The first-order valence-corrected chi connectivity index (χ1v) is 5.89. The second kappa shape index (κ2) is 5.91. The van der Waals surface area contributed by atoms with Gasteiger partial charge in [0, 0.05) is 19.2 Å². The number of morpholine rings is 1. The molecule has 19 heavy (non-hydrogen) atoms. The van der Waals surface area contributed by atoms with Gasteiger partial charge >= 0.3 is 0 Å². The first kappa shape index (κ1) is 13.7. The van der Waals surface area contributed by atoms with Gasteiger partial charge in [0.2, 0.25) is 0 Å². The van der Waals surface area contributed by atoms with E-state index in [0.29, 0.717) is 26.3 Å². The van der Waals surface area contributed by atoms with E-state index in [9.17, 15) is 14.9 Å². The van der Waals surface area contributed by atoms with Gasteiger partial charge in [-0.05, 0) is 0 Å². The van der Waals surface area contributed by atoms with Crippen molar-refractivity contribution in [3.63, 3.8) is 0 Å². The first-order valence-electron chi connectivity index (χ1n) is 5.51. The summed E-state index contributed by atoms with van der Waals surface area (Å²) in [6.45, 7) is 2.12. The van der Waals surface area contributed by atoms with Crippen molar-refractivity contribution in [2.24, 2.45) is 0 Å². The number of rotatable bonds is 3. The SMILES string of the molecule is O=C(NN1CCOCC1)c1cc([N+](=O)[O-])cnc1Cl. The molecule has 9 heteroatoms. The summed E-state index contributed by atoms with van der Waals surface area (Å²) in [5.41, 5.74) is 2.30. The van der Waals surface area contributed by atoms with Gasteiger partial charge in [-0.1, -0.05) is 11.6 Å². The van der Waals surface area contributed by atoms with Crippen molar-refractivity contribution in [2.45, 2.75) is 0 Å². The lowest BCUT2D eigenvalue weighted by Crippen LogP contribution is -2.48. The number of hydrazine groups is 1. The van der Waals surface area contributed by atoms with Crippen LogP contribution >= 0.6 is 11.6 Å². The monoisotopic (exact) mass is 286 g/mol. The smallest absolute Gasteiger partial charge is 0.288 e. The molecule has 1 aromatic heterocycles. The Hall–Kier alpha value is -1.77. The standard InChI is InChI=1S/C10H11ClN4O4/c11-9-8(5-7(6-12-9)15(17)18)10(16)13-14-1-3-19-4-2-14/h5-6H,1-4H2,(H,13,16). The lowest BCUT2D eigenvalue weighted by Gasteiger charge is -2.26. The molecule has 0 radical (unpaired) electrons. The molecule has 0 aromatic carbocycles. The predicted molar refractivity (Wildman–Crippen MR) is 65.8 cm³/mol. The molecule has 0 spiro atoms. The van der Waals surface area contributed by atoms with Gasteiger partial charge in [0.25, 0.3) is 11.6 Å². The Morgan fingerprint density at radius 2 is 2.21 bits per heavy atom. The zero-order valence-electron chi connectivity index (χ0n) is 9.84. The molecule has 0 bridgehead atoms. The van der Waals surface area contributed by atoms with Gasteiger partial charge in [-0.2, -0.15) is 0 Å². The van der Waals surface area contributed by atoms with Crippen LogP contribution in [0.15, 0.2) is 12.3 Å². The number of hydrogen-bond donors (Lipinski definition) is 1. The van der Waals surface area contributed by atoms with Gasteiger partial charge in [-0.3, -0.25) is 20.3 Å². The highest BCUT2D eigenvalue weighted by Crippen LogP contribution is 2.19. The molecular formula is C10H11ClN4O4. The summed E-state index contributed by atoms with van der Waals surface area (Å²) in [7, 11) is 0. The van der Waals surface area contributed by atoms with Crippen molar-refractivity contribution in [3.8, 4) is 0 Å². The van der Waals surface area contributed by atoms with Crippen molar-refractivity contribution in [1.29, 1.82) is 0 Å². The van der Waals surface area contributed by atoms with Crippen molar-refractivity contribution in [2.75, 3.05) is 26.3 Å². The Bertz CT molecular complexity index is 504. The van der Waals surface area contributed by atoms with E-state index >= 15 is 0 Å². The average molecular weight is 287 g/mol. The van der Waals surface area contributed by atoms with Crippen molar-refractivity contribution in [1.82, 2.24) is 15.4 Å². The minimum absolute atomic E-state index is 0.0256. The van der Waals surface area contributed by atoms with Crippen molar-refractivity contribution in [3.05, 3.63) is 33.1 Å². The number of nitro groups is 1. The number of pyridine rings is 1. The normalized spacial score (nSPS) is 16.1. The van der Waals surface area contributed by atoms with Crippen LogP contribution in [0.5, 0.6) is 0 Å². The number of aromatic nitrogens is 1. The molecule has 0 unspecified atom stereocenters. The van der Waals surface area contributed by atoms with Gasteiger partial charge < -0.3 is 4.74 Å². The van der Waals surface area contributed by atoms with Crippen LogP contribution in [0.4, 0.5) is 5.69 Å². The Balaban J connectivity index is 2.13. The van der Waals surface area contributed by atoms with Crippen LogP contribution in [-0.2, 0) is 4.74 Å². The maximum Gasteiger partial charge on any atom is 0.288 e. The molecule has 1 saturated heterocycles. The van der Waals surface area contributed by atoms with E-state index in [2.05, 4.69) is 10.4 Å². The van der Waals surface area contributed by atoms with E-state index in [1.165, 1.54) is 0 Å². The van der Waals surface area contributed by atoms with Crippen LogP contribution in [0.25, 0.3) is 0 Å². The van der Waals surface area contributed by atoms with E-state index < -0.39 is 10.8 Å². The Labute approximate surface area is 113 Å². The van der Waals surface area contributed by atoms with Crippen molar-refractivity contribution >= 4 is 23.2 Å². The highest BCUT2D eigenvalue weighted by molar-refractivity contribution is 6.32. The topological polar surface area (TPSA) is 97.6 Å². The summed E-state index contributed by atoms with van der Waals surface area (Å²) in [5.74, 6) is -0.525. The van der Waals surface area contributed by atoms with Crippen LogP contribution in [0.3, 0.4) is 0 Å². The molecule has 2 heterocycles. The molecule has 1 N–H and O–H groups in total. The first-order chi connectivity index (χ1) is 9.08. The third kappa shape index (κ3) is 3.37. The highest BCUT2D eigenvalue weighted by atomic mass is 35.5. The third-order valence-corrected chi connectivity index (χ3v) is 2.85. The minimum atomic E-state index is -0.630. The number of amides is 1. The van der Waals surface area contributed by atoms with E-state index in [1.807, 2.05) is 0 Å². The molecule has 0 saturated carbocycles. The molecule has 1 aliphatic rings. The molecule has 2 rings (SSSR count). The molecule has 0 atom stereocenters. The summed E-state index contributed by atoms with van der Waals surface area (Å²) in [6, 6.07) is 1.10. The fourth-order valence-corrected chi connectivity index (χ4v) is 1.76. The quantitative estimate of drug-likeness (QED) is 0.497. The van der Waals surface area contributed by atoms with Crippen LogP contribution in [0, 0.1) is 10.1 Å². The lowest BCUT2D eigenvalue weighted by molar-refractivity contribution is -0.385. The molecular weight excluding hydrogens is 276 g/mol. The Morgan fingerprint density at radius 1 is 1.53 bits per heavy atom. The van der Waals surface area contributed by atoms with Gasteiger partial charge in [0.05, 0.1) is 23.7 Å². The number of carbonyl (C=O) groups excluding carboxylic acids is 1.